The molecule has 1 rings (SSSR count). The number of carbonyl (C=O) groups excluding carboxylic acids is 1. The summed E-state index contributed by atoms with van der Waals surface area (Å²) in [6, 6.07) is 2.20. The van der Waals surface area contributed by atoms with E-state index in [0.717, 1.165) is 12.1 Å². The van der Waals surface area contributed by atoms with Crippen LogP contribution in [-0.2, 0) is 11.3 Å². The van der Waals surface area contributed by atoms with Gasteiger partial charge >= 0.3 is 0 Å². The van der Waals surface area contributed by atoms with Gasteiger partial charge in [-0.3, -0.25) is 4.79 Å². The van der Waals surface area contributed by atoms with Crippen LogP contribution in [0.4, 0.5) is 8.78 Å². The molecule has 6 heteroatoms. The van der Waals surface area contributed by atoms with E-state index in [0.29, 0.717) is 18.7 Å². The zero-order valence-electron chi connectivity index (χ0n) is 11.1. The first-order valence-electron chi connectivity index (χ1n) is 6.12. The van der Waals surface area contributed by atoms with Crippen molar-refractivity contribution in [1.29, 1.82) is 0 Å². The van der Waals surface area contributed by atoms with Crippen LogP contribution >= 0.6 is 0 Å². The molecule has 0 heterocycles. The fourth-order valence-electron chi connectivity index (χ4n) is 1.67. The molecule has 0 bridgehead atoms. The maximum atomic E-state index is 13.6. The van der Waals surface area contributed by atoms with E-state index in [9.17, 15) is 13.6 Å². The number of nitrogens with zero attached hydrogens (tertiary/aromatic N) is 1. The molecule has 2 N–H and O–H groups in total. The Kier molecular flexibility index (Phi) is 5.69. The van der Waals surface area contributed by atoms with Gasteiger partial charge in [0.1, 0.15) is 0 Å². The highest BCUT2D eigenvalue weighted by molar-refractivity contribution is 5.77. The third-order valence-corrected chi connectivity index (χ3v) is 2.75. The first kappa shape index (κ1) is 15.4. The van der Waals surface area contributed by atoms with E-state index < -0.39 is 24.0 Å². The van der Waals surface area contributed by atoms with Crippen LogP contribution in [0.15, 0.2) is 12.1 Å². The number of hydrogen-bond donors (Lipinski definition) is 1. The van der Waals surface area contributed by atoms with Gasteiger partial charge in [-0.15, -0.1) is 0 Å². The van der Waals surface area contributed by atoms with E-state index in [2.05, 4.69) is 0 Å². The van der Waals surface area contributed by atoms with Gasteiger partial charge in [-0.25, -0.2) is 8.78 Å². The number of nitrogens with two attached hydrogens (primary N) is 1. The van der Waals surface area contributed by atoms with Crippen LogP contribution in [0.1, 0.15) is 19.4 Å². The van der Waals surface area contributed by atoms with Gasteiger partial charge in [-0.1, -0.05) is 0 Å². The van der Waals surface area contributed by atoms with Crippen LogP contribution in [0.2, 0.25) is 0 Å². The molecule has 0 saturated heterocycles. The minimum absolute atomic E-state index is 0.0342. The average Bonchev–Trinajstić information content (AvgIpc) is 2.38. The van der Waals surface area contributed by atoms with Crippen LogP contribution < -0.4 is 10.5 Å². The van der Waals surface area contributed by atoms with Crippen LogP contribution in [0.5, 0.6) is 5.75 Å². The lowest BCUT2D eigenvalue weighted by Gasteiger charge is -2.19. The summed E-state index contributed by atoms with van der Waals surface area (Å²) in [6.45, 7) is 4.33. The molecule has 19 heavy (non-hydrogen) atoms. The summed E-state index contributed by atoms with van der Waals surface area (Å²) < 4.78 is 32.1. The highest BCUT2D eigenvalue weighted by Crippen LogP contribution is 2.23. The van der Waals surface area contributed by atoms with Gasteiger partial charge in [-0.05, 0) is 31.5 Å². The second-order valence-electron chi connectivity index (χ2n) is 3.95. The van der Waals surface area contributed by atoms with Crippen molar-refractivity contribution in [3.8, 4) is 5.75 Å². The number of amides is 1. The Bertz CT molecular complexity index is 425. The predicted octanol–water partition coefficient (Wildman–Crippen LogP) is 1.67. The zero-order valence-corrected chi connectivity index (χ0v) is 11.1. The molecule has 0 aromatic heterocycles. The third-order valence-electron chi connectivity index (χ3n) is 2.75. The van der Waals surface area contributed by atoms with E-state index in [-0.39, 0.29) is 12.5 Å². The molecule has 0 fully saturated rings. The first-order chi connectivity index (χ1) is 9.03. The van der Waals surface area contributed by atoms with Crippen LogP contribution in [0.25, 0.3) is 0 Å². The van der Waals surface area contributed by atoms with Gasteiger partial charge < -0.3 is 15.4 Å². The summed E-state index contributed by atoms with van der Waals surface area (Å²) in [5.41, 5.74) is 5.63. The predicted molar refractivity (Wildman–Crippen MR) is 67.7 cm³/mol. The number of rotatable bonds is 6. The molecule has 0 saturated carbocycles. The molecule has 0 aliphatic carbocycles. The lowest BCUT2D eigenvalue weighted by atomic mass is 10.2. The summed E-state index contributed by atoms with van der Waals surface area (Å²) in [5.74, 6) is -2.56. The normalized spacial score (nSPS) is 10.4. The van der Waals surface area contributed by atoms with Crippen molar-refractivity contribution in [1.82, 2.24) is 4.90 Å². The molecule has 0 atom stereocenters. The molecule has 1 aromatic rings. The van der Waals surface area contributed by atoms with Crippen LogP contribution in [0.3, 0.4) is 0 Å². The van der Waals surface area contributed by atoms with E-state index in [4.69, 9.17) is 10.5 Å². The molecule has 0 aliphatic rings. The molecular formula is C13H18F2N2O2. The molecule has 0 aliphatic heterocycles. The smallest absolute Gasteiger partial charge is 0.260 e. The van der Waals surface area contributed by atoms with Gasteiger partial charge in [0.25, 0.3) is 5.91 Å². The monoisotopic (exact) mass is 272 g/mol. The second kappa shape index (κ2) is 7.04. The van der Waals surface area contributed by atoms with E-state index >= 15 is 0 Å². The Labute approximate surface area is 111 Å². The first-order valence-corrected chi connectivity index (χ1v) is 6.12. The van der Waals surface area contributed by atoms with Crippen molar-refractivity contribution in [2.45, 2.75) is 20.4 Å². The summed E-state index contributed by atoms with van der Waals surface area (Å²) in [4.78, 5) is 13.2. The van der Waals surface area contributed by atoms with E-state index in [1.165, 1.54) is 4.90 Å². The molecule has 0 unspecified atom stereocenters. The molecule has 106 valence electrons. The number of likely N-dealkylation sites (N-methyl/N-ethyl adjacent to an activating group) is 1. The van der Waals surface area contributed by atoms with Gasteiger partial charge in [-0.2, -0.15) is 0 Å². The zero-order chi connectivity index (χ0) is 14.4. The summed E-state index contributed by atoms with van der Waals surface area (Å²) in [6.07, 6.45) is 0. The van der Waals surface area contributed by atoms with Crippen LogP contribution in [0, 0.1) is 11.6 Å². The molecule has 4 nitrogen and oxygen atoms in total. The standard InChI is InChI=1S/C13H18F2N2O2/c1-3-17(4-2)12(18)8-19-13-10(14)5-9(7-16)6-11(13)15/h5-6H,3-4,7-8,16H2,1-2H3. The summed E-state index contributed by atoms with van der Waals surface area (Å²) >= 11 is 0. The highest BCUT2D eigenvalue weighted by atomic mass is 19.1. The Morgan fingerprint density at radius 2 is 1.79 bits per heavy atom. The van der Waals surface area contributed by atoms with Crippen LogP contribution in [-0.4, -0.2) is 30.5 Å². The minimum Gasteiger partial charge on any atom is -0.478 e. The van der Waals surface area contributed by atoms with Crippen molar-refractivity contribution >= 4 is 5.91 Å². The molecular weight excluding hydrogens is 254 g/mol. The SMILES string of the molecule is CCN(CC)C(=O)COc1c(F)cc(CN)cc1F. The largest absolute Gasteiger partial charge is 0.478 e. The Morgan fingerprint density at radius 3 is 2.21 bits per heavy atom. The van der Waals surface area contributed by atoms with Gasteiger partial charge in [0, 0.05) is 19.6 Å². The molecule has 1 aromatic carbocycles. The second-order valence-corrected chi connectivity index (χ2v) is 3.95. The van der Waals surface area contributed by atoms with Crippen molar-refractivity contribution < 1.29 is 18.3 Å². The Balaban J connectivity index is 2.75. The lowest BCUT2D eigenvalue weighted by molar-refractivity contribution is -0.133. The van der Waals surface area contributed by atoms with Crippen molar-refractivity contribution in [3.63, 3.8) is 0 Å². The quantitative estimate of drug-likeness (QED) is 0.857. The summed E-state index contributed by atoms with van der Waals surface area (Å²) in [7, 11) is 0. The van der Waals surface area contributed by atoms with Gasteiger partial charge in [0.2, 0.25) is 0 Å². The number of benzene rings is 1. The van der Waals surface area contributed by atoms with Crippen molar-refractivity contribution in [3.05, 3.63) is 29.3 Å². The number of carbonyl (C=O) groups is 1. The lowest BCUT2D eigenvalue weighted by Crippen LogP contribution is -2.34. The Morgan fingerprint density at radius 1 is 1.26 bits per heavy atom. The number of halogens is 2. The van der Waals surface area contributed by atoms with Gasteiger partial charge in [0.05, 0.1) is 0 Å². The van der Waals surface area contributed by atoms with E-state index in [1.807, 2.05) is 13.8 Å². The summed E-state index contributed by atoms with van der Waals surface area (Å²) in [5, 5.41) is 0. The molecule has 1 amide bonds. The maximum Gasteiger partial charge on any atom is 0.260 e. The van der Waals surface area contributed by atoms with Gasteiger partial charge in [0.15, 0.2) is 24.0 Å². The fraction of sp³-hybridized carbons (Fsp3) is 0.462. The third kappa shape index (κ3) is 3.89. The number of ether oxygens (including phenoxy) is 1. The van der Waals surface area contributed by atoms with Crippen molar-refractivity contribution in [2.24, 2.45) is 5.73 Å². The fourth-order valence-corrected chi connectivity index (χ4v) is 1.67. The van der Waals surface area contributed by atoms with E-state index in [1.54, 1.807) is 0 Å². The maximum absolute atomic E-state index is 13.6. The Hall–Kier alpha value is -1.69. The average molecular weight is 272 g/mol. The minimum atomic E-state index is -0.854. The topological polar surface area (TPSA) is 55.6 Å². The molecule has 0 spiro atoms. The molecule has 0 radical (unpaired) electrons. The number of hydrogen-bond acceptors (Lipinski definition) is 3. The van der Waals surface area contributed by atoms with Crippen molar-refractivity contribution in [2.75, 3.05) is 19.7 Å². The highest BCUT2D eigenvalue weighted by Gasteiger charge is 2.16.